The van der Waals surface area contributed by atoms with E-state index in [-0.39, 0.29) is 5.69 Å². The van der Waals surface area contributed by atoms with Crippen molar-refractivity contribution < 1.29 is 19.2 Å². The summed E-state index contributed by atoms with van der Waals surface area (Å²) >= 11 is 0. The Bertz CT molecular complexity index is 889. The van der Waals surface area contributed by atoms with Crippen molar-refractivity contribution in [2.75, 3.05) is 31.8 Å². The van der Waals surface area contributed by atoms with Crippen LogP contribution in [0, 0.1) is 17.0 Å². The van der Waals surface area contributed by atoms with Gasteiger partial charge in [-0.1, -0.05) is 0 Å². The molecule has 0 aliphatic carbocycles. The monoisotopic (exact) mass is 398 g/mol. The fourth-order valence-electron chi connectivity index (χ4n) is 3.88. The first-order valence-corrected chi connectivity index (χ1v) is 9.78. The van der Waals surface area contributed by atoms with E-state index >= 15 is 0 Å². The van der Waals surface area contributed by atoms with E-state index in [2.05, 4.69) is 17.9 Å². The summed E-state index contributed by atoms with van der Waals surface area (Å²) in [5, 5.41) is 11.0. The molecule has 0 saturated carbocycles. The number of hydrogen-bond donors (Lipinski definition) is 0. The molecule has 1 aliphatic rings. The van der Waals surface area contributed by atoms with Crippen molar-refractivity contribution in [1.82, 2.24) is 0 Å². The zero-order valence-electron chi connectivity index (χ0n) is 17.0. The van der Waals surface area contributed by atoms with Crippen LogP contribution in [-0.2, 0) is 9.47 Å². The first-order valence-electron chi connectivity index (χ1n) is 9.78. The molecule has 7 heteroatoms. The average Bonchev–Trinajstić information content (AvgIpc) is 2.75. The number of anilines is 1. The standard InChI is InChI=1S/C22H26N2O5/c1-4-23(18-9-11-29-12-10-18)21-14-17(13-20(15(21)2)22(25)28-3)16-5-7-19(8-6-16)24(26)27/h5-8,13-14,18H,4,9-12H2,1-3H3. The molecule has 1 aliphatic heterocycles. The third-order valence-corrected chi connectivity index (χ3v) is 5.48. The van der Waals surface area contributed by atoms with E-state index < -0.39 is 10.9 Å². The summed E-state index contributed by atoms with van der Waals surface area (Å²) in [7, 11) is 1.37. The smallest absolute Gasteiger partial charge is 0.338 e. The molecule has 0 atom stereocenters. The minimum Gasteiger partial charge on any atom is -0.465 e. The molecule has 0 spiro atoms. The number of methoxy groups -OCH3 is 1. The summed E-state index contributed by atoms with van der Waals surface area (Å²) in [6.07, 6.45) is 1.87. The van der Waals surface area contributed by atoms with Crippen LogP contribution in [-0.4, -0.2) is 43.8 Å². The number of nitro benzene ring substituents is 1. The number of nitrogens with zero attached hydrogens (tertiary/aromatic N) is 2. The highest BCUT2D eigenvalue weighted by atomic mass is 16.6. The van der Waals surface area contributed by atoms with Gasteiger partial charge in [0.15, 0.2) is 0 Å². The molecular formula is C22H26N2O5. The first-order chi connectivity index (χ1) is 14.0. The Hall–Kier alpha value is -2.93. The number of rotatable bonds is 6. The number of non-ortho nitro benzene ring substituents is 1. The molecule has 29 heavy (non-hydrogen) atoms. The van der Waals surface area contributed by atoms with Gasteiger partial charge in [0.2, 0.25) is 0 Å². The second-order valence-corrected chi connectivity index (χ2v) is 7.09. The van der Waals surface area contributed by atoms with E-state index in [0.29, 0.717) is 11.6 Å². The molecule has 2 aromatic rings. The highest BCUT2D eigenvalue weighted by molar-refractivity contribution is 5.95. The first kappa shape index (κ1) is 20.8. The Morgan fingerprint density at radius 1 is 1.21 bits per heavy atom. The Kier molecular flexibility index (Phi) is 6.49. The maximum atomic E-state index is 12.5. The maximum Gasteiger partial charge on any atom is 0.338 e. The maximum absolute atomic E-state index is 12.5. The zero-order chi connectivity index (χ0) is 21.0. The van der Waals surface area contributed by atoms with Crippen molar-refractivity contribution in [3.63, 3.8) is 0 Å². The van der Waals surface area contributed by atoms with Crippen molar-refractivity contribution in [3.8, 4) is 11.1 Å². The van der Waals surface area contributed by atoms with Crippen LogP contribution >= 0.6 is 0 Å². The Balaban J connectivity index is 2.10. The number of benzene rings is 2. The highest BCUT2D eigenvalue weighted by Gasteiger charge is 2.25. The zero-order valence-corrected chi connectivity index (χ0v) is 17.0. The molecule has 1 fully saturated rings. The Morgan fingerprint density at radius 3 is 2.41 bits per heavy atom. The minimum atomic E-state index is -0.422. The predicted molar refractivity (Wildman–Crippen MR) is 111 cm³/mol. The normalized spacial score (nSPS) is 14.4. The van der Waals surface area contributed by atoms with Gasteiger partial charge in [-0.3, -0.25) is 10.1 Å². The van der Waals surface area contributed by atoms with Gasteiger partial charge in [-0.05, 0) is 67.6 Å². The summed E-state index contributed by atoms with van der Waals surface area (Å²) in [6, 6.07) is 10.6. The lowest BCUT2D eigenvalue weighted by Gasteiger charge is -2.37. The van der Waals surface area contributed by atoms with Gasteiger partial charge < -0.3 is 14.4 Å². The van der Waals surface area contributed by atoms with Crippen LogP contribution in [0.2, 0.25) is 0 Å². The Labute approximate surface area is 170 Å². The van der Waals surface area contributed by atoms with Crippen LogP contribution in [0.3, 0.4) is 0 Å². The van der Waals surface area contributed by atoms with Crippen LogP contribution in [0.5, 0.6) is 0 Å². The molecule has 0 N–H and O–H groups in total. The Morgan fingerprint density at radius 2 is 1.86 bits per heavy atom. The lowest BCUT2D eigenvalue weighted by molar-refractivity contribution is -0.384. The number of ether oxygens (including phenoxy) is 2. The molecule has 1 heterocycles. The molecule has 0 aromatic heterocycles. The second-order valence-electron chi connectivity index (χ2n) is 7.09. The molecule has 3 rings (SSSR count). The van der Waals surface area contributed by atoms with Gasteiger partial charge in [0.25, 0.3) is 5.69 Å². The summed E-state index contributed by atoms with van der Waals surface area (Å²) in [5.41, 5.74) is 4.03. The molecule has 7 nitrogen and oxygen atoms in total. The fraction of sp³-hybridized carbons (Fsp3) is 0.409. The number of carbonyl (C=O) groups excluding carboxylic acids is 1. The quantitative estimate of drug-likeness (QED) is 0.408. The molecule has 154 valence electrons. The molecule has 0 unspecified atom stereocenters. The van der Waals surface area contributed by atoms with Crippen LogP contribution in [0.15, 0.2) is 36.4 Å². The minimum absolute atomic E-state index is 0.0340. The third-order valence-electron chi connectivity index (χ3n) is 5.48. The van der Waals surface area contributed by atoms with Gasteiger partial charge >= 0.3 is 5.97 Å². The number of nitro groups is 1. The van der Waals surface area contributed by atoms with Crippen LogP contribution in [0.1, 0.15) is 35.7 Å². The lowest BCUT2D eigenvalue weighted by Crippen LogP contribution is -2.40. The predicted octanol–water partition coefficient (Wildman–Crippen LogP) is 4.36. The van der Waals surface area contributed by atoms with Crippen LogP contribution < -0.4 is 4.90 Å². The number of carbonyl (C=O) groups is 1. The highest BCUT2D eigenvalue weighted by Crippen LogP contribution is 2.34. The van der Waals surface area contributed by atoms with Crippen molar-refractivity contribution >= 4 is 17.3 Å². The van der Waals surface area contributed by atoms with E-state index in [1.165, 1.54) is 19.2 Å². The SMILES string of the molecule is CCN(c1cc(-c2ccc([N+](=O)[O-])cc2)cc(C(=O)OC)c1C)C1CCOCC1. The molecular weight excluding hydrogens is 372 g/mol. The van der Waals surface area contributed by atoms with Gasteiger partial charge in [0, 0.05) is 43.6 Å². The summed E-state index contributed by atoms with van der Waals surface area (Å²) in [5.74, 6) is -0.393. The average molecular weight is 398 g/mol. The summed E-state index contributed by atoms with van der Waals surface area (Å²) < 4.78 is 10.5. The molecule has 0 bridgehead atoms. The van der Waals surface area contributed by atoms with Crippen LogP contribution in [0.4, 0.5) is 11.4 Å². The van der Waals surface area contributed by atoms with E-state index in [0.717, 1.165) is 55.0 Å². The molecule has 0 amide bonds. The molecule has 2 aromatic carbocycles. The van der Waals surface area contributed by atoms with E-state index in [1.807, 2.05) is 6.92 Å². The van der Waals surface area contributed by atoms with Crippen LogP contribution in [0.25, 0.3) is 11.1 Å². The van der Waals surface area contributed by atoms with Gasteiger partial charge in [0.05, 0.1) is 17.6 Å². The van der Waals surface area contributed by atoms with Crippen molar-refractivity contribution in [3.05, 3.63) is 57.6 Å². The van der Waals surface area contributed by atoms with E-state index in [9.17, 15) is 14.9 Å². The second kappa shape index (κ2) is 9.05. The number of hydrogen-bond acceptors (Lipinski definition) is 6. The largest absolute Gasteiger partial charge is 0.465 e. The van der Waals surface area contributed by atoms with Gasteiger partial charge in [-0.2, -0.15) is 0 Å². The molecule has 1 saturated heterocycles. The van der Waals surface area contributed by atoms with Crippen molar-refractivity contribution in [2.24, 2.45) is 0 Å². The van der Waals surface area contributed by atoms with Crippen molar-refractivity contribution in [1.29, 1.82) is 0 Å². The van der Waals surface area contributed by atoms with E-state index in [1.54, 1.807) is 18.2 Å². The summed E-state index contributed by atoms with van der Waals surface area (Å²) in [4.78, 5) is 25.3. The third kappa shape index (κ3) is 4.40. The molecule has 0 radical (unpaired) electrons. The van der Waals surface area contributed by atoms with Gasteiger partial charge in [0.1, 0.15) is 0 Å². The van der Waals surface area contributed by atoms with Crippen molar-refractivity contribution in [2.45, 2.75) is 32.7 Å². The van der Waals surface area contributed by atoms with Gasteiger partial charge in [-0.15, -0.1) is 0 Å². The fourth-order valence-corrected chi connectivity index (χ4v) is 3.88. The van der Waals surface area contributed by atoms with Gasteiger partial charge in [-0.25, -0.2) is 4.79 Å². The topological polar surface area (TPSA) is 81.9 Å². The van der Waals surface area contributed by atoms with E-state index in [4.69, 9.17) is 9.47 Å². The lowest BCUT2D eigenvalue weighted by atomic mass is 9.95. The summed E-state index contributed by atoms with van der Waals surface area (Å²) in [6.45, 7) is 6.29. The number of esters is 1.